The number of carbonyl (C=O) groups excluding carboxylic acids is 2. The van der Waals surface area contributed by atoms with Crippen LogP contribution in [0.25, 0.3) is 11.3 Å². The van der Waals surface area contributed by atoms with Crippen molar-refractivity contribution in [2.24, 2.45) is 0 Å². The number of aromatic nitrogens is 1. The molecule has 1 N–H and O–H groups in total. The highest BCUT2D eigenvalue weighted by atomic mass is 16.5. The molecule has 1 aliphatic rings. The second kappa shape index (κ2) is 5.09. The summed E-state index contributed by atoms with van der Waals surface area (Å²) < 4.78 is 6.93. The van der Waals surface area contributed by atoms with E-state index >= 15 is 0 Å². The van der Waals surface area contributed by atoms with Crippen LogP contribution < -0.4 is 5.32 Å². The number of para-hydroxylation sites is 1. The number of esters is 1. The van der Waals surface area contributed by atoms with Gasteiger partial charge in [0.1, 0.15) is 6.54 Å². The van der Waals surface area contributed by atoms with Gasteiger partial charge in [0.15, 0.2) is 0 Å². The molecule has 0 aliphatic carbocycles. The quantitative estimate of drug-likeness (QED) is 0.862. The fraction of sp³-hybridized carbons (Fsp3) is 0.250. The maximum atomic E-state index is 12.0. The number of ether oxygens (including phenoxy) is 1. The van der Waals surface area contributed by atoms with Crippen molar-refractivity contribution in [1.82, 2.24) is 4.57 Å². The van der Waals surface area contributed by atoms with Gasteiger partial charge in [-0.15, -0.1) is 0 Å². The lowest BCUT2D eigenvalue weighted by molar-refractivity contribution is -0.116. The fourth-order valence-electron chi connectivity index (χ4n) is 2.64. The normalized spacial score (nSPS) is 13.0. The van der Waals surface area contributed by atoms with Gasteiger partial charge in [0, 0.05) is 11.3 Å². The maximum Gasteiger partial charge on any atom is 0.339 e. The zero-order chi connectivity index (χ0) is 15.0. The Hall–Kier alpha value is -2.56. The Bertz CT molecular complexity index is 731. The molecule has 3 rings (SSSR count). The predicted octanol–water partition coefficient (Wildman–Crippen LogP) is 2.59. The average Bonchev–Trinajstić information content (AvgIpc) is 2.69. The summed E-state index contributed by atoms with van der Waals surface area (Å²) >= 11 is 0. The number of carbonyl (C=O) groups is 2. The molecule has 1 aromatic carbocycles. The van der Waals surface area contributed by atoms with Crippen LogP contribution in [0.1, 0.15) is 23.0 Å². The molecule has 1 amide bonds. The van der Waals surface area contributed by atoms with Crippen molar-refractivity contribution < 1.29 is 14.3 Å². The topological polar surface area (TPSA) is 60.3 Å². The zero-order valence-corrected chi connectivity index (χ0v) is 12.0. The second-order valence-corrected chi connectivity index (χ2v) is 4.93. The van der Waals surface area contributed by atoms with Gasteiger partial charge in [0.05, 0.1) is 23.6 Å². The van der Waals surface area contributed by atoms with E-state index in [9.17, 15) is 9.59 Å². The molecular weight excluding hydrogens is 268 g/mol. The standard InChI is InChI=1S/C16H16N2O3/c1-3-21-16(20)12-8-14-11-6-4-5-7-13(11)17-15(19)9-18(14)10(12)2/h4-8H,3,9H2,1-2H3,(H,17,19). The molecule has 0 atom stereocenters. The molecule has 0 unspecified atom stereocenters. The average molecular weight is 284 g/mol. The highest BCUT2D eigenvalue weighted by Crippen LogP contribution is 2.33. The molecule has 0 radical (unpaired) electrons. The number of nitrogens with zero attached hydrogens (tertiary/aromatic N) is 1. The molecule has 1 aromatic heterocycles. The third-order valence-electron chi connectivity index (χ3n) is 3.64. The lowest BCUT2D eigenvalue weighted by Gasteiger charge is -2.07. The summed E-state index contributed by atoms with van der Waals surface area (Å²) in [6.07, 6.45) is 0. The molecule has 0 bridgehead atoms. The molecule has 1 aliphatic heterocycles. The van der Waals surface area contributed by atoms with Gasteiger partial charge >= 0.3 is 5.97 Å². The minimum absolute atomic E-state index is 0.102. The van der Waals surface area contributed by atoms with Crippen molar-refractivity contribution in [2.45, 2.75) is 20.4 Å². The van der Waals surface area contributed by atoms with Gasteiger partial charge < -0.3 is 14.6 Å². The Morgan fingerprint density at radius 3 is 2.90 bits per heavy atom. The van der Waals surface area contributed by atoms with E-state index < -0.39 is 0 Å². The molecule has 0 saturated carbocycles. The van der Waals surface area contributed by atoms with Crippen LogP contribution in [0.3, 0.4) is 0 Å². The van der Waals surface area contributed by atoms with E-state index in [1.54, 1.807) is 13.0 Å². The summed E-state index contributed by atoms with van der Waals surface area (Å²) in [5.74, 6) is -0.455. The van der Waals surface area contributed by atoms with Crippen molar-refractivity contribution >= 4 is 17.6 Å². The van der Waals surface area contributed by atoms with Gasteiger partial charge in [-0.2, -0.15) is 0 Å². The number of anilines is 1. The SMILES string of the molecule is CCOC(=O)c1cc2n(c1C)CC(=O)Nc1ccccc1-2. The number of fused-ring (bicyclic) bond motifs is 3. The third-order valence-corrected chi connectivity index (χ3v) is 3.64. The minimum Gasteiger partial charge on any atom is -0.462 e. The molecule has 0 saturated heterocycles. The Labute approximate surface area is 122 Å². The summed E-state index contributed by atoms with van der Waals surface area (Å²) in [6.45, 7) is 4.12. The smallest absolute Gasteiger partial charge is 0.339 e. The van der Waals surface area contributed by atoms with Crippen molar-refractivity contribution in [3.8, 4) is 11.3 Å². The highest BCUT2D eigenvalue weighted by Gasteiger charge is 2.24. The first kappa shape index (κ1) is 13.4. The zero-order valence-electron chi connectivity index (χ0n) is 12.0. The van der Waals surface area contributed by atoms with Crippen LogP contribution in [-0.2, 0) is 16.1 Å². The van der Waals surface area contributed by atoms with Crippen molar-refractivity contribution in [3.63, 3.8) is 0 Å². The van der Waals surface area contributed by atoms with E-state index in [4.69, 9.17) is 4.74 Å². The van der Waals surface area contributed by atoms with Gasteiger partial charge in [0.2, 0.25) is 5.91 Å². The number of hydrogen-bond acceptors (Lipinski definition) is 3. The number of benzene rings is 1. The first-order valence-corrected chi connectivity index (χ1v) is 6.88. The Morgan fingerprint density at radius 2 is 2.14 bits per heavy atom. The molecule has 108 valence electrons. The molecule has 5 heteroatoms. The van der Waals surface area contributed by atoms with Gasteiger partial charge in [-0.1, -0.05) is 18.2 Å². The largest absolute Gasteiger partial charge is 0.462 e. The predicted molar refractivity (Wildman–Crippen MR) is 79.2 cm³/mol. The molecule has 0 fully saturated rings. The van der Waals surface area contributed by atoms with Crippen molar-refractivity contribution in [3.05, 3.63) is 41.6 Å². The summed E-state index contributed by atoms with van der Waals surface area (Å²) in [7, 11) is 0. The van der Waals surface area contributed by atoms with Crippen LogP contribution >= 0.6 is 0 Å². The van der Waals surface area contributed by atoms with E-state index in [1.165, 1.54) is 0 Å². The first-order chi connectivity index (χ1) is 10.1. The summed E-state index contributed by atoms with van der Waals surface area (Å²) in [5, 5.41) is 2.88. The minimum atomic E-state index is -0.353. The van der Waals surface area contributed by atoms with Gasteiger partial charge in [-0.3, -0.25) is 4.79 Å². The number of nitrogens with one attached hydrogen (secondary N) is 1. The van der Waals surface area contributed by atoms with Crippen molar-refractivity contribution in [2.75, 3.05) is 11.9 Å². The number of hydrogen-bond donors (Lipinski definition) is 1. The van der Waals surface area contributed by atoms with Crippen LogP contribution in [-0.4, -0.2) is 23.1 Å². The monoisotopic (exact) mass is 284 g/mol. The molecule has 2 aromatic rings. The lowest BCUT2D eigenvalue weighted by Crippen LogP contribution is -2.17. The van der Waals surface area contributed by atoms with Crippen molar-refractivity contribution in [1.29, 1.82) is 0 Å². The second-order valence-electron chi connectivity index (χ2n) is 4.93. The Balaban J connectivity index is 2.19. The van der Waals surface area contributed by atoms with Gasteiger partial charge in [-0.05, 0) is 26.0 Å². The molecule has 21 heavy (non-hydrogen) atoms. The van der Waals surface area contributed by atoms with E-state index in [1.807, 2.05) is 35.8 Å². The lowest BCUT2D eigenvalue weighted by atomic mass is 10.1. The summed E-state index contributed by atoms with van der Waals surface area (Å²) in [5.41, 5.74) is 3.77. The highest BCUT2D eigenvalue weighted by molar-refractivity contribution is 5.99. The van der Waals surface area contributed by atoms with Crippen LogP contribution in [0.4, 0.5) is 5.69 Å². The molecular formula is C16H16N2O3. The van der Waals surface area contributed by atoms with E-state index in [0.717, 1.165) is 22.6 Å². The van der Waals surface area contributed by atoms with Crippen LogP contribution in [0.5, 0.6) is 0 Å². The first-order valence-electron chi connectivity index (χ1n) is 6.88. The summed E-state index contributed by atoms with van der Waals surface area (Å²) in [6, 6.07) is 9.37. The van der Waals surface area contributed by atoms with E-state index in [2.05, 4.69) is 5.32 Å². The van der Waals surface area contributed by atoms with E-state index in [0.29, 0.717) is 12.2 Å². The van der Waals surface area contributed by atoms with Crippen LogP contribution in [0.15, 0.2) is 30.3 Å². The van der Waals surface area contributed by atoms with E-state index in [-0.39, 0.29) is 18.4 Å². The third kappa shape index (κ3) is 2.20. The fourth-order valence-corrected chi connectivity index (χ4v) is 2.64. The summed E-state index contributed by atoms with van der Waals surface area (Å²) in [4.78, 5) is 24.0. The van der Waals surface area contributed by atoms with Gasteiger partial charge in [0.25, 0.3) is 0 Å². The van der Waals surface area contributed by atoms with Crippen LogP contribution in [0.2, 0.25) is 0 Å². The Morgan fingerprint density at radius 1 is 1.38 bits per heavy atom. The number of amides is 1. The maximum absolute atomic E-state index is 12.0. The molecule has 5 nitrogen and oxygen atoms in total. The number of rotatable bonds is 2. The Kier molecular flexibility index (Phi) is 3.25. The van der Waals surface area contributed by atoms with Crippen LogP contribution in [0, 0.1) is 6.92 Å². The molecule has 2 heterocycles. The van der Waals surface area contributed by atoms with Gasteiger partial charge in [-0.25, -0.2) is 4.79 Å². The molecule has 0 spiro atoms.